The van der Waals surface area contributed by atoms with Crippen LogP contribution in [0.25, 0.3) is 0 Å². The number of fused-ring (bicyclic) bond motifs is 3. The van der Waals surface area contributed by atoms with Crippen molar-refractivity contribution in [1.29, 1.82) is 0 Å². The molecule has 2 heterocycles. The number of carboxylic acid groups (broad SMARTS) is 1. The first kappa shape index (κ1) is 34.8. The lowest BCUT2D eigenvalue weighted by Crippen LogP contribution is -2.70. The number of allylic oxidation sites excluding steroid dienone is 1. The van der Waals surface area contributed by atoms with Crippen molar-refractivity contribution in [3.63, 3.8) is 0 Å². The first-order chi connectivity index (χ1) is 22.0. The smallest absolute Gasteiger partial charge is 0.307 e. The number of likely N-dealkylation sites (N-methyl/N-ethyl adjacent to an activating group) is 1. The third kappa shape index (κ3) is 4.88. The van der Waals surface area contributed by atoms with E-state index in [0.717, 1.165) is 38.5 Å². The van der Waals surface area contributed by atoms with Crippen molar-refractivity contribution < 1.29 is 19.4 Å². The minimum atomic E-state index is -0.633. The lowest BCUT2D eigenvalue weighted by molar-refractivity contribution is -0.254. The van der Waals surface area contributed by atoms with Gasteiger partial charge in [0.1, 0.15) is 6.04 Å². The lowest BCUT2D eigenvalue weighted by Gasteiger charge is -2.71. The van der Waals surface area contributed by atoms with Crippen molar-refractivity contribution in [2.45, 2.75) is 119 Å². The molecule has 47 heavy (non-hydrogen) atoms. The van der Waals surface area contributed by atoms with Crippen LogP contribution >= 0.6 is 0 Å². The van der Waals surface area contributed by atoms with Crippen molar-refractivity contribution in [2.75, 3.05) is 32.6 Å². The lowest BCUT2D eigenvalue weighted by atomic mass is 9.34. The Kier molecular flexibility index (Phi) is 8.73. The molecule has 0 aromatic carbocycles. The van der Waals surface area contributed by atoms with Crippen LogP contribution < -0.4 is 11.1 Å². The number of carbonyl (C=O) groups is 1. The second kappa shape index (κ2) is 11.8. The van der Waals surface area contributed by atoms with E-state index in [1.54, 1.807) is 4.80 Å². The number of anilines is 1. The summed E-state index contributed by atoms with van der Waals surface area (Å²) in [6.45, 7) is 22.5. The van der Waals surface area contributed by atoms with Crippen LogP contribution in [-0.4, -0.2) is 70.3 Å². The molecule has 10 nitrogen and oxygen atoms in total. The van der Waals surface area contributed by atoms with Crippen molar-refractivity contribution in [2.24, 2.45) is 62.6 Å². The van der Waals surface area contributed by atoms with Crippen LogP contribution in [0.1, 0.15) is 107 Å². The van der Waals surface area contributed by atoms with E-state index in [9.17, 15) is 9.90 Å². The van der Waals surface area contributed by atoms with E-state index in [0.29, 0.717) is 43.5 Å². The average molecular weight is 655 g/mol. The molecule has 4 fully saturated rings. The quantitative estimate of drug-likeness (QED) is 0.273. The van der Waals surface area contributed by atoms with Crippen molar-refractivity contribution in [3.8, 4) is 0 Å². The van der Waals surface area contributed by atoms with E-state index >= 15 is 0 Å². The van der Waals surface area contributed by atoms with Gasteiger partial charge in [-0.3, -0.25) is 4.79 Å². The maximum atomic E-state index is 13.5. The molecule has 1 aliphatic heterocycles. The number of hydrogen-bond acceptors (Lipinski definition) is 8. The molecule has 5 aliphatic rings. The Labute approximate surface area is 282 Å². The van der Waals surface area contributed by atoms with Crippen molar-refractivity contribution in [1.82, 2.24) is 25.5 Å². The second-order valence-corrected chi connectivity index (χ2v) is 18.0. The second-order valence-electron chi connectivity index (χ2n) is 18.0. The number of nitrogens with zero attached hydrogens (tertiary/aromatic N) is 4. The summed E-state index contributed by atoms with van der Waals surface area (Å²) in [7, 11) is 2.01. The number of hydrogen-bond donors (Lipinski definition) is 3. The molecule has 3 saturated carbocycles. The Bertz CT molecular complexity index is 1380. The van der Waals surface area contributed by atoms with Gasteiger partial charge in [-0.05, 0) is 102 Å². The zero-order valence-corrected chi connectivity index (χ0v) is 30.7. The van der Waals surface area contributed by atoms with Crippen LogP contribution in [0.4, 0.5) is 5.95 Å². The summed E-state index contributed by atoms with van der Waals surface area (Å²) in [5.74, 6) is 0.847. The molecule has 12 atom stereocenters. The summed E-state index contributed by atoms with van der Waals surface area (Å²) in [5.41, 5.74) is 6.19. The molecule has 0 spiro atoms. The summed E-state index contributed by atoms with van der Waals surface area (Å²) in [4.78, 5) is 15.2. The van der Waals surface area contributed by atoms with Gasteiger partial charge in [-0.25, -0.2) is 0 Å². The van der Waals surface area contributed by atoms with E-state index in [1.165, 1.54) is 5.57 Å². The zero-order chi connectivity index (χ0) is 34.3. The Balaban J connectivity index is 1.50. The highest BCUT2D eigenvalue weighted by Crippen LogP contribution is 2.75. The number of nitrogens with two attached hydrogens (primary N) is 1. The summed E-state index contributed by atoms with van der Waals surface area (Å²) in [5, 5.41) is 27.7. The van der Waals surface area contributed by atoms with Gasteiger partial charge in [0.05, 0.1) is 31.8 Å². The molecular weight excluding hydrogens is 592 g/mol. The summed E-state index contributed by atoms with van der Waals surface area (Å²) < 4.78 is 13.9. The summed E-state index contributed by atoms with van der Waals surface area (Å²) in [6.07, 6.45) is 7.90. The first-order valence-corrected chi connectivity index (χ1v) is 18.3. The summed E-state index contributed by atoms with van der Waals surface area (Å²) in [6, 6.07) is 0.0385. The standard InChI is InChI=1S/C37H62N6O4/c1-21(2)23(5)34(7)15-16-35(8)24-11-12-28-33(6)17-27(43-41-32(38)40-42-43)30(47-18-26(39-10)22(3)4)37(28,20-46-19-33)25(24)13-14-36(35,9)29(34)31(44)45/h13,21-24,26-30,39H,11-12,14-20H2,1-10H3,(H2,38,41)(H,44,45)/t23-,24+,26+,27-,28-,29-,30+,33-,34-,35-,36+,37+/m1/s1. The van der Waals surface area contributed by atoms with E-state index in [-0.39, 0.29) is 57.1 Å². The SMILES string of the molecule is CN[C@@H](CO[C@H]1[C@H](n2nnc(N)n2)C[C@]2(C)COC[C@@]13C1=CC[C@@]4(C)[C@H](C(=O)O)[C@@](C)([C@H](C)C(C)C)CC[C@]4(C)[C@H]1CC[C@H]23)C(C)C. The molecule has 1 aromatic heterocycles. The third-order valence-electron chi connectivity index (χ3n) is 15.4. The monoisotopic (exact) mass is 654 g/mol. The fraction of sp³-hybridized carbons (Fsp3) is 0.892. The number of nitrogen functional groups attached to an aromatic ring is 1. The molecule has 4 N–H and O–H groups in total. The molecule has 4 aliphatic carbocycles. The fourth-order valence-electron chi connectivity index (χ4n) is 12.3. The number of ether oxygens (including phenoxy) is 2. The van der Waals surface area contributed by atoms with Crippen LogP contribution in [0, 0.1) is 62.6 Å². The van der Waals surface area contributed by atoms with Crippen LogP contribution in [0.5, 0.6) is 0 Å². The van der Waals surface area contributed by atoms with E-state index in [1.807, 2.05) is 7.05 Å². The predicted molar refractivity (Wildman–Crippen MR) is 182 cm³/mol. The Morgan fingerprint density at radius 3 is 2.43 bits per heavy atom. The Hall–Kier alpha value is -2.04. The Morgan fingerprint density at radius 1 is 1.11 bits per heavy atom. The van der Waals surface area contributed by atoms with E-state index in [2.05, 4.69) is 89.1 Å². The molecule has 2 bridgehead atoms. The van der Waals surface area contributed by atoms with E-state index in [4.69, 9.17) is 15.2 Å². The van der Waals surface area contributed by atoms with Crippen LogP contribution in [-0.2, 0) is 14.3 Å². The van der Waals surface area contributed by atoms with Gasteiger partial charge in [-0.2, -0.15) is 4.80 Å². The summed E-state index contributed by atoms with van der Waals surface area (Å²) >= 11 is 0. The molecule has 0 unspecified atom stereocenters. The Morgan fingerprint density at radius 2 is 1.83 bits per heavy atom. The fourth-order valence-corrected chi connectivity index (χ4v) is 12.3. The van der Waals surface area contributed by atoms with Gasteiger partial charge < -0.3 is 25.6 Å². The van der Waals surface area contributed by atoms with Gasteiger partial charge >= 0.3 is 5.97 Å². The van der Waals surface area contributed by atoms with Gasteiger partial charge in [0.2, 0.25) is 0 Å². The third-order valence-corrected chi connectivity index (χ3v) is 15.4. The molecule has 10 heteroatoms. The van der Waals surface area contributed by atoms with Gasteiger partial charge in [-0.15, -0.1) is 5.10 Å². The highest BCUT2D eigenvalue weighted by Gasteiger charge is 2.72. The number of carboxylic acids is 1. The number of aliphatic carboxylic acids is 1. The highest BCUT2D eigenvalue weighted by atomic mass is 16.5. The van der Waals surface area contributed by atoms with Gasteiger partial charge in [0.25, 0.3) is 5.95 Å². The number of tetrazole rings is 1. The van der Waals surface area contributed by atoms with Crippen LogP contribution in [0.3, 0.4) is 0 Å². The van der Waals surface area contributed by atoms with Gasteiger partial charge in [-0.1, -0.05) is 79.1 Å². The molecule has 0 amide bonds. The van der Waals surface area contributed by atoms with Gasteiger partial charge in [0, 0.05) is 11.5 Å². The molecule has 1 aromatic rings. The minimum Gasteiger partial charge on any atom is -0.481 e. The average Bonchev–Trinajstić information content (AvgIpc) is 3.43. The van der Waals surface area contributed by atoms with Crippen molar-refractivity contribution >= 4 is 11.9 Å². The molecule has 0 radical (unpaired) electrons. The maximum Gasteiger partial charge on any atom is 0.307 e. The van der Waals surface area contributed by atoms with Crippen LogP contribution in [0.15, 0.2) is 11.6 Å². The molecule has 264 valence electrons. The van der Waals surface area contributed by atoms with Crippen molar-refractivity contribution in [3.05, 3.63) is 11.6 Å². The topological polar surface area (TPSA) is 137 Å². The maximum absolute atomic E-state index is 13.5. The van der Waals surface area contributed by atoms with E-state index < -0.39 is 11.9 Å². The highest BCUT2D eigenvalue weighted by molar-refractivity contribution is 5.73. The largest absolute Gasteiger partial charge is 0.481 e. The first-order valence-electron chi connectivity index (χ1n) is 18.3. The molecule has 1 saturated heterocycles. The minimum absolute atomic E-state index is 0.0967. The number of aromatic nitrogens is 4. The number of nitrogens with one attached hydrogen (secondary N) is 1. The molecule has 6 rings (SSSR count). The molecular formula is C37H62N6O4. The zero-order valence-electron chi connectivity index (χ0n) is 30.7. The normalized spacial score (nSPS) is 44.3. The predicted octanol–water partition coefficient (Wildman–Crippen LogP) is 6.01. The van der Waals surface area contributed by atoms with Gasteiger partial charge in [0.15, 0.2) is 0 Å². The number of rotatable bonds is 9. The van der Waals surface area contributed by atoms with Crippen LogP contribution in [0.2, 0.25) is 0 Å².